The minimum Gasteiger partial charge on any atom is -0.394 e. The Morgan fingerprint density at radius 1 is 0.628 bits per heavy atom. The van der Waals surface area contributed by atoms with Gasteiger partial charge >= 0.3 is 11.4 Å². The van der Waals surface area contributed by atoms with Crippen LogP contribution in [0.5, 0.6) is 0 Å². The Labute approximate surface area is 533 Å². The van der Waals surface area contributed by atoms with Crippen LogP contribution in [0.15, 0.2) is 37.8 Å². The molecule has 0 bridgehead atoms. The number of nitrogens with one attached hydrogen (secondary N) is 5. The van der Waals surface area contributed by atoms with Crippen molar-refractivity contribution in [1.29, 1.82) is 0 Å². The van der Waals surface area contributed by atoms with Crippen molar-refractivity contribution in [2.45, 2.75) is 175 Å². The summed E-state index contributed by atoms with van der Waals surface area (Å²) in [6.07, 6.45) is -17.7. The molecule has 19 atom stereocenters. The van der Waals surface area contributed by atoms with Crippen LogP contribution in [0.1, 0.15) is 36.1 Å². The first-order valence-corrected chi connectivity index (χ1v) is 30.1. The lowest BCUT2D eigenvalue weighted by molar-refractivity contribution is -0.310. The molecule has 3 saturated heterocycles. The van der Waals surface area contributed by atoms with Crippen LogP contribution in [0, 0.1) is 13.8 Å². The molecule has 1 saturated carbocycles. The number of aromatic nitrogens is 7. The van der Waals surface area contributed by atoms with Gasteiger partial charge in [0.25, 0.3) is 11.1 Å². The van der Waals surface area contributed by atoms with Gasteiger partial charge in [-0.3, -0.25) is 52.7 Å². The fourth-order valence-corrected chi connectivity index (χ4v) is 10.7. The molecule has 6 heterocycles. The van der Waals surface area contributed by atoms with Gasteiger partial charge in [-0.25, -0.2) is 19.8 Å². The molecule has 3 aliphatic heterocycles. The number of aromatic amines is 2. The molecule has 526 valence electrons. The number of nitrogens with zero attached hydrogens (tertiary/aromatic N) is 7. The van der Waals surface area contributed by atoms with Gasteiger partial charge < -0.3 is 123 Å². The minimum atomic E-state index is -1.78. The molecule has 0 aromatic carbocycles. The molecule has 0 radical (unpaired) electrons. The van der Waals surface area contributed by atoms with E-state index in [-0.39, 0.29) is 56.9 Å². The molecule has 3 aromatic rings. The van der Waals surface area contributed by atoms with Crippen molar-refractivity contribution in [3.63, 3.8) is 0 Å². The van der Waals surface area contributed by atoms with Crippen molar-refractivity contribution in [2.75, 3.05) is 65.6 Å². The molecule has 3 aromatic heterocycles. The summed E-state index contributed by atoms with van der Waals surface area (Å²) < 4.78 is 38.5. The van der Waals surface area contributed by atoms with E-state index in [1.54, 1.807) is 0 Å². The average molecular weight is 1340 g/mol. The summed E-state index contributed by atoms with van der Waals surface area (Å²) in [5.41, 5.74) is 30.7. The third-order valence-corrected chi connectivity index (χ3v) is 16.1. The first kappa shape index (κ1) is 74.4. The molecule has 0 spiro atoms. The highest BCUT2D eigenvalue weighted by molar-refractivity contribution is 5.85. The molecular formula is C53H85N17O24. The van der Waals surface area contributed by atoms with E-state index < -0.39 is 214 Å². The maximum absolute atomic E-state index is 13.5. The number of carbonyl (C=O) groups is 5. The number of aryl methyl sites for hydroxylation is 3. The van der Waals surface area contributed by atoms with Gasteiger partial charge in [-0.05, 0) is 39.5 Å². The van der Waals surface area contributed by atoms with Crippen LogP contribution in [0.2, 0.25) is 0 Å². The van der Waals surface area contributed by atoms with E-state index >= 15 is 0 Å². The predicted octanol–water partition coefficient (Wildman–Crippen LogP) is -13.6. The number of ether oxygens (including phenoxy) is 6. The van der Waals surface area contributed by atoms with E-state index in [2.05, 4.69) is 36.4 Å². The van der Waals surface area contributed by atoms with Crippen molar-refractivity contribution < 1.29 is 98.1 Å². The van der Waals surface area contributed by atoms with Gasteiger partial charge in [0.05, 0.1) is 56.8 Å². The summed E-state index contributed by atoms with van der Waals surface area (Å²) >= 11 is 0. The fourth-order valence-electron chi connectivity index (χ4n) is 10.7. The molecule has 0 unspecified atom stereocenters. The lowest BCUT2D eigenvalue weighted by Gasteiger charge is -2.47. The van der Waals surface area contributed by atoms with Crippen LogP contribution in [0.25, 0.3) is 0 Å². The zero-order valence-electron chi connectivity index (χ0n) is 51.3. The Morgan fingerprint density at radius 2 is 1.17 bits per heavy atom. The van der Waals surface area contributed by atoms with Gasteiger partial charge in [-0.15, -0.1) is 5.10 Å². The summed E-state index contributed by atoms with van der Waals surface area (Å²) in [4.78, 5) is 125. The number of rotatable bonds is 32. The number of aliphatic hydroxyl groups excluding tert-OH is 8. The first-order valence-electron chi connectivity index (χ1n) is 30.1. The topological polar surface area (TPSA) is 625 Å². The Kier molecular flexibility index (Phi) is 27.0. The number of carbonyl (C=O) groups excluding carboxylic acids is 5. The number of aliphatic hydroxyl groups is 8. The van der Waals surface area contributed by atoms with E-state index in [4.69, 9.17) is 61.9 Å². The second-order valence-corrected chi connectivity index (χ2v) is 23.2. The number of hydrogen-bond donors (Lipinski definition) is 18. The Bertz CT molecular complexity index is 3280. The van der Waals surface area contributed by atoms with E-state index in [1.165, 1.54) is 37.1 Å². The standard InChI is InChI=1S/C53H85N17O24/c1-23-13-68(52(86)62-47(23)84)19-34(76)66(16-31(56)73)8-6-59-32(74)17-67(35(77)20-69-14-24(2)48(85)63-53(69)87)9-7-61-88-10-4-3-5-25-15-70(65-64-25)18-33(75)60-12-28-39(79)41(81)36(57)49(89-28)93-45-30(22-72)91-51(43(45)83)94-46-38(78)26(54)11-27(55)44(46)92-50-37(58)42(82)40(80)29(21-71)90-50/h13-15,26-30,36-46,49-51,61,71-72,78-83H,3-12,16-22,54-55,57-58H2,1-2H3,(H2,56,73)(H,59,74)(H,60,75)(H,62,84,86)(H,63,85,87)/t26-,27+,28+,29-,30-,36-,37-,38+,39-,40-,41-,42-,43-,44-,45-,46-,49-,50-,51+/m1/s1. The molecule has 41 nitrogen and oxygen atoms in total. The highest BCUT2D eigenvalue weighted by Gasteiger charge is 2.54. The van der Waals surface area contributed by atoms with Gasteiger partial charge in [-0.1, -0.05) is 5.21 Å². The smallest absolute Gasteiger partial charge is 0.328 e. The molecule has 1 aliphatic carbocycles. The number of amides is 5. The van der Waals surface area contributed by atoms with Crippen molar-refractivity contribution >= 4 is 29.5 Å². The zero-order chi connectivity index (χ0) is 68.8. The minimum absolute atomic E-state index is 0.0137. The fraction of sp³-hybridized carbons (Fsp3) is 0.717. The number of primary amides is 1. The van der Waals surface area contributed by atoms with Gasteiger partial charge in [0, 0.05) is 74.5 Å². The lowest BCUT2D eigenvalue weighted by atomic mass is 9.84. The Balaban J connectivity index is 0.840. The van der Waals surface area contributed by atoms with Crippen LogP contribution in [0.4, 0.5) is 0 Å². The van der Waals surface area contributed by atoms with Gasteiger partial charge in [0.2, 0.25) is 29.5 Å². The van der Waals surface area contributed by atoms with Crippen LogP contribution in [-0.2, 0) is 83.3 Å². The van der Waals surface area contributed by atoms with Gasteiger partial charge in [-0.2, -0.15) is 0 Å². The van der Waals surface area contributed by atoms with Crippen molar-refractivity contribution in [2.24, 2.45) is 28.7 Å². The van der Waals surface area contributed by atoms with Crippen molar-refractivity contribution in [3.8, 4) is 0 Å². The van der Waals surface area contributed by atoms with Crippen LogP contribution in [0.3, 0.4) is 0 Å². The van der Waals surface area contributed by atoms with Crippen LogP contribution in [-0.4, -0.2) is 296 Å². The molecule has 4 fully saturated rings. The van der Waals surface area contributed by atoms with E-state index in [9.17, 15) is 84.0 Å². The highest BCUT2D eigenvalue weighted by Crippen LogP contribution is 2.34. The number of unbranched alkanes of at least 4 members (excludes halogenated alkanes) is 1. The first-order chi connectivity index (χ1) is 44.6. The van der Waals surface area contributed by atoms with E-state index in [0.29, 0.717) is 25.0 Å². The molecule has 41 heteroatoms. The van der Waals surface area contributed by atoms with E-state index in [1.807, 2.05) is 0 Å². The molecule has 94 heavy (non-hydrogen) atoms. The summed E-state index contributed by atoms with van der Waals surface area (Å²) in [6, 6.07) is -4.79. The Hall–Kier alpha value is -6.95. The summed E-state index contributed by atoms with van der Waals surface area (Å²) in [5.74, 6) is -3.64. The summed E-state index contributed by atoms with van der Waals surface area (Å²) in [5, 5.41) is 98.7. The predicted molar refractivity (Wildman–Crippen MR) is 315 cm³/mol. The van der Waals surface area contributed by atoms with E-state index in [0.717, 1.165) is 18.9 Å². The van der Waals surface area contributed by atoms with Crippen LogP contribution < -0.4 is 67.3 Å². The zero-order valence-corrected chi connectivity index (χ0v) is 51.3. The van der Waals surface area contributed by atoms with Gasteiger partial charge in [0.1, 0.15) is 86.8 Å². The Morgan fingerprint density at radius 3 is 1.77 bits per heavy atom. The molecule has 4 aliphatic rings. The maximum atomic E-state index is 13.5. The van der Waals surface area contributed by atoms with Crippen molar-refractivity contribution in [1.82, 2.24) is 60.0 Å². The maximum Gasteiger partial charge on any atom is 0.328 e. The molecular weight excluding hydrogens is 1260 g/mol. The summed E-state index contributed by atoms with van der Waals surface area (Å²) in [7, 11) is 0. The largest absolute Gasteiger partial charge is 0.394 e. The van der Waals surface area contributed by atoms with Gasteiger partial charge in [0.15, 0.2) is 18.9 Å². The second-order valence-electron chi connectivity index (χ2n) is 23.2. The quantitative estimate of drug-likeness (QED) is 0.0204. The normalized spacial score (nSPS) is 30.2. The highest BCUT2D eigenvalue weighted by atomic mass is 16.8. The molecule has 7 rings (SSSR count). The lowest BCUT2D eigenvalue weighted by Crippen LogP contribution is -2.68. The molecule has 5 amide bonds. The summed E-state index contributed by atoms with van der Waals surface area (Å²) in [6.45, 7) is -2.08. The number of hydrogen-bond acceptors (Lipinski definition) is 31. The average Bonchev–Trinajstić information content (AvgIpc) is 1.78. The number of nitrogens with two attached hydrogens (primary N) is 5. The monoisotopic (exact) mass is 1340 g/mol. The van der Waals surface area contributed by atoms with Crippen LogP contribution >= 0.6 is 0 Å². The number of H-pyrrole nitrogens is 2. The number of hydroxylamine groups is 1. The van der Waals surface area contributed by atoms with Crippen molar-refractivity contribution in [3.05, 3.63) is 77.1 Å². The SMILES string of the molecule is Cc1cn(CC(=O)N(CCNC(=O)CN(CCNOCCCCc2cn(CC(=O)NC[C@@H]3O[C@H](O[C@H]4[C@@H](O)[C@H](O[C@@H]5[C@@H](O)[C@H](N)C[C@H](N)[C@H]5O[C@H]5O[C@H](CO)[C@@H](O)[C@H](O)[C@H]5N)O[C@@H]4CO)[C@H](N)[C@@H](O)[C@@H]3O)nn2)C(=O)Cn2cc(C)c(=O)[nH]c2=O)CC(N)=O)c(=O)[nH]c1=O. The second kappa shape index (κ2) is 34.1. The molecule has 23 N–H and O–H groups in total. The third-order valence-electron chi connectivity index (χ3n) is 16.1. The third kappa shape index (κ3) is 19.4.